The van der Waals surface area contributed by atoms with Crippen molar-refractivity contribution < 1.29 is 9.59 Å². The first-order chi connectivity index (χ1) is 14.8. The van der Waals surface area contributed by atoms with E-state index in [4.69, 9.17) is 34.8 Å². The Hall–Kier alpha value is -1.40. The van der Waals surface area contributed by atoms with Gasteiger partial charge in [-0.15, -0.1) is 11.8 Å². The van der Waals surface area contributed by atoms with E-state index in [1.54, 1.807) is 34.9 Å². The van der Waals surface area contributed by atoms with Crippen molar-refractivity contribution in [3.8, 4) is 0 Å². The average Bonchev–Trinajstić information content (AvgIpc) is 2.74. The van der Waals surface area contributed by atoms with Crippen molar-refractivity contribution in [3.63, 3.8) is 0 Å². The van der Waals surface area contributed by atoms with Gasteiger partial charge in [0.1, 0.15) is 6.04 Å². The first-order valence-electron chi connectivity index (χ1n) is 10.2. The van der Waals surface area contributed by atoms with Gasteiger partial charge in [-0.25, -0.2) is 0 Å². The summed E-state index contributed by atoms with van der Waals surface area (Å²) >= 11 is 19.9. The highest BCUT2D eigenvalue weighted by Gasteiger charge is 2.28. The van der Waals surface area contributed by atoms with Crippen LogP contribution in [0.25, 0.3) is 0 Å². The lowest BCUT2D eigenvalue weighted by Gasteiger charge is -2.31. The minimum absolute atomic E-state index is 0.0687. The standard InChI is InChI=1S/C23H27Cl3N2O2S/c1-3-21(23(30)27-4-2)28(15-16-7-8-18(25)14-20(16)26)22(29)6-5-13-31-19-11-9-17(24)10-12-19/h7-12,14,21H,3-6,13,15H2,1-2H3,(H,27,30)/t21-/m0/s1. The van der Waals surface area contributed by atoms with Crippen LogP contribution in [0, 0.1) is 0 Å². The van der Waals surface area contributed by atoms with Crippen LogP contribution in [0.4, 0.5) is 0 Å². The fraction of sp³-hybridized carbons (Fsp3) is 0.391. The second-order valence-corrected chi connectivity index (χ2v) is 9.43. The zero-order valence-electron chi connectivity index (χ0n) is 17.7. The van der Waals surface area contributed by atoms with Gasteiger partial charge in [0.15, 0.2) is 0 Å². The van der Waals surface area contributed by atoms with Crippen molar-refractivity contribution in [3.05, 3.63) is 63.1 Å². The third-order valence-corrected chi connectivity index (χ3v) is 6.65. The number of nitrogens with zero attached hydrogens (tertiary/aromatic N) is 1. The Morgan fingerprint density at radius 2 is 1.71 bits per heavy atom. The lowest BCUT2D eigenvalue weighted by molar-refractivity contribution is -0.141. The molecule has 0 aliphatic heterocycles. The van der Waals surface area contributed by atoms with E-state index in [2.05, 4.69) is 5.32 Å². The van der Waals surface area contributed by atoms with Crippen LogP contribution in [0.15, 0.2) is 47.4 Å². The molecule has 0 saturated carbocycles. The molecular weight excluding hydrogens is 475 g/mol. The zero-order valence-corrected chi connectivity index (χ0v) is 20.8. The molecule has 0 unspecified atom stereocenters. The SMILES string of the molecule is CCNC(=O)[C@H](CC)N(Cc1ccc(Cl)cc1Cl)C(=O)CCCSc1ccc(Cl)cc1. The lowest BCUT2D eigenvalue weighted by atomic mass is 10.1. The molecule has 0 aliphatic rings. The van der Waals surface area contributed by atoms with Gasteiger partial charge < -0.3 is 10.2 Å². The van der Waals surface area contributed by atoms with Gasteiger partial charge in [-0.2, -0.15) is 0 Å². The van der Waals surface area contributed by atoms with E-state index in [1.165, 1.54) is 0 Å². The van der Waals surface area contributed by atoms with E-state index in [-0.39, 0.29) is 18.4 Å². The Kier molecular flexibility index (Phi) is 11.0. The second-order valence-electron chi connectivity index (χ2n) is 6.98. The zero-order chi connectivity index (χ0) is 22.8. The maximum absolute atomic E-state index is 13.1. The van der Waals surface area contributed by atoms with Crippen LogP contribution in [0.3, 0.4) is 0 Å². The third kappa shape index (κ3) is 8.23. The van der Waals surface area contributed by atoms with Gasteiger partial charge >= 0.3 is 0 Å². The predicted molar refractivity (Wildman–Crippen MR) is 131 cm³/mol. The summed E-state index contributed by atoms with van der Waals surface area (Å²) in [4.78, 5) is 28.5. The minimum Gasteiger partial charge on any atom is -0.355 e. The Morgan fingerprint density at radius 3 is 2.32 bits per heavy atom. The quantitative estimate of drug-likeness (QED) is 0.284. The summed E-state index contributed by atoms with van der Waals surface area (Å²) in [6.07, 6.45) is 1.56. The molecule has 0 radical (unpaired) electrons. The van der Waals surface area contributed by atoms with Crippen LogP contribution in [0.2, 0.25) is 15.1 Å². The lowest BCUT2D eigenvalue weighted by Crippen LogP contribution is -2.49. The third-order valence-electron chi connectivity index (χ3n) is 4.71. The molecule has 0 spiro atoms. The molecule has 0 fully saturated rings. The monoisotopic (exact) mass is 500 g/mol. The highest BCUT2D eigenvalue weighted by Crippen LogP contribution is 2.25. The summed E-state index contributed by atoms with van der Waals surface area (Å²) in [6, 6.07) is 12.3. The van der Waals surface area contributed by atoms with Gasteiger partial charge in [0.25, 0.3) is 0 Å². The molecule has 4 nitrogen and oxygen atoms in total. The highest BCUT2D eigenvalue weighted by molar-refractivity contribution is 7.99. The molecule has 2 rings (SSSR count). The van der Waals surface area contributed by atoms with E-state index >= 15 is 0 Å². The van der Waals surface area contributed by atoms with Crippen LogP contribution >= 0.6 is 46.6 Å². The summed E-state index contributed by atoms with van der Waals surface area (Å²) < 4.78 is 0. The normalized spacial score (nSPS) is 11.8. The maximum Gasteiger partial charge on any atom is 0.242 e. The molecule has 0 aromatic heterocycles. The smallest absolute Gasteiger partial charge is 0.242 e. The van der Waals surface area contributed by atoms with Crippen molar-refractivity contribution in [2.24, 2.45) is 0 Å². The summed E-state index contributed by atoms with van der Waals surface area (Å²) in [5.74, 6) is 0.570. The second kappa shape index (κ2) is 13.2. The first kappa shape index (κ1) is 25.9. The topological polar surface area (TPSA) is 49.4 Å². The predicted octanol–water partition coefficient (Wildman–Crippen LogP) is 6.46. The largest absolute Gasteiger partial charge is 0.355 e. The fourth-order valence-electron chi connectivity index (χ4n) is 3.13. The van der Waals surface area contributed by atoms with E-state index in [1.807, 2.05) is 38.1 Å². The van der Waals surface area contributed by atoms with E-state index in [0.29, 0.717) is 40.9 Å². The molecule has 2 aromatic carbocycles. The van der Waals surface area contributed by atoms with E-state index in [9.17, 15) is 9.59 Å². The first-order valence-corrected chi connectivity index (χ1v) is 12.4. The minimum atomic E-state index is -0.553. The molecule has 0 heterocycles. The average molecular weight is 502 g/mol. The van der Waals surface area contributed by atoms with Crippen LogP contribution < -0.4 is 5.32 Å². The molecule has 31 heavy (non-hydrogen) atoms. The molecule has 168 valence electrons. The Balaban J connectivity index is 2.07. The van der Waals surface area contributed by atoms with Gasteiger partial charge in [-0.3, -0.25) is 9.59 Å². The summed E-state index contributed by atoms with van der Waals surface area (Å²) in [7, 11) is 0. The number of thioether (sulfide) groups is 1. The molecular formula is C23H27Cl3N2O2S. The van der Waals surface area contributed by atoms with Crippen LogP contribution in [-0.4, -0.2) is 35.1 Å². The molecule has 0 saturated heterocycles. The number of rotatable bonds is 11. The number of hydrogen-bond donors (Lipinski definition) is 1. The highest BCUT2D eigenvalue weighted by atomic mass is 35.5. The molecule has 0 bridgehead atoms. The number of nitrogens with one attached hydrogen (secondary N) is 1. The summed E-state index contributed by atoms with van der Waals surface area (Å²) in [5, 5.41) is 4.54. The Labute approximate surface area is 203 Å². The van der Waals surface area contributed by atoms with Crippen molar-refractivity contribution in [2.75, 3.05) is 12.3 Å². The number of amides is 2. The van der Waals surface area contributed by atoms with Crippen LogP contribution in [0.1, 0.15) is 38.7 Å². The Bertz CT molecular complexity index is 878. The van der Waals surface area contributed by atoms with Crippen LogP contribution in [-0.2, 0) is 16.1 Å². The Morgan fingerprint density at radius 1 is 1.03 bits per heavy atom. The number of carbonyl (C=O) groups is 2. The van der Waals surface area contributed by atoms with Gasteiger partial charge in [0.05, 0.1) is 0 Å². The molecule has 8 heteroatoms. The number of likely N-dealkylation sites (N-methyl/N-ethyl adjacent to an activating group) is 1. The van der Waals surface area contributed by atoms with Crippen molar-refractivity contribution >= 4 is 58.4 Å². The number of carbonyl (C=O) groups excluding carboxylic acids is 2. The van der Waals surface area contributed by atoms with Gasteiger partial charge in [-0.1, -0.05) is 47.8 Å². The molecule has 2 amide bonds. The molecule has 0 aliphatic carbocycles. The number of halogens is 3. The number of hydrogen-bond acceptors (Lipinski definition) is 3. The summed E-state index contributed by atoms with van der Waals surface area (Å²) in [5.41, 5.74) is 0.762. The maximum atomic E-state index is 13.1. The van der Waals surface area contributed by atoms with E-state index < -0.39 is 6.04 Å². The number of benzene rings is 2. The van der Waals surface area contributed by atoms with Crippen molar-refractivity contribution in [1.29, 1.82) is 0 Å². The fourth-order valence-corrected chi connectivity index (χ4v) is 4.58. The molecule has 1 N–H and O–H groups in total. The van der Waals surface area contributed by atoms with Gasteiger partial charge in [-0.05, 0) is 67.5 Å². The molecule has 2 aromatic rings. The van der Waals surface area contributed by atoms with E-state index in [0.717, 1.165) is 16.2 Å². The van der Waals surface area contributed by atoms with Crippen LogP contribution in [0.5, 0.6) is 0 Å². The van der Waals surface area contributed by atoms with Gasteiger partial charge in [0, 0.05) is 39.5 Å². The van der Waals surface area contributed by atoms with Crippen molar-refractivity contribution in [1.82, 2.24) is 10.2 Å². The van der Waals surface area contributed by atoms with Gasteiger partial charge in [0.2, 0.25) is 11.8 Å². The van der Waals surface area contributed by atoms with Crippen molar-refractivity contribution in [2.45, 2.75) is 50.6 Å². The molecule has 1 atom stereocenters. The summed E-state index contributed by atoms with van der Waals surface area (Å²) in [6.45, 7) is 4.53.